The van der Waals surface area contributed by atoms with E-state index >= 15 is 0 Å². The molecular weight excluding hydrogens is 404 g/mol. The summed E-state index contributed by atoms with van der Waals surface area (Å²) in [4.78, 5) is 40.7. The molecule has 3 unspecified atom stereocenters. The van der Waals surface area contributed by atoms with Gasteiger partial charge >= 0.3 is 0 Å². The molecule has 2 aliphatic rings. The van der Waals surface area contributed by atoms with Crippen LogP contribution >= 0.6 is 0 Å². The number of aromatic nitrogens is 2. The molecule has 32 heavy (non-hydrogen) atoms. The third-order valence-corrected chi connectivity index (χ3v) is 6.31. The van der Waals surface area contributed by atoms with Gasteiger partial charge in [0.15, 0.2) is 0 Å². The van der Waals surface area contributed by atoms with Crippen LogP contribution in [-0.2, 0) is 27.5 Å². The molecule has 7 nitrogen and oxygen atoms in total. The maximum absolute atomic E-state index is 13.3. The summed E-state index contributed by atoms with van der Waals surface area (Å²) in [5.41, 5.74) is 2.04. The summed E-state index contributed by atoms with van der Waals surface area (Å²) >= 11 is 0. The van der Waals surface area contributed by atoms with E-state index in [1.54, 1.807) is 6.20 Å². The molecule has 168 valence electrons. The maximum atomic E-state index is 13.3. The van der Waals surface area contributed by atoms with Crippen molar-refractivity contribution >= 4 is 17.7 Å². The van der Waals surface area contributed by atoms with E-state index in [1.165, 1.54) is 4.90 Å². The molecule has 1 saturated heterocycles. The van der Waals surface area contributed by atoms with E-state index in [9.17, 15) is 14.4 Å². The quantitative estimate of drug-likeness (QED) is 0.511. The van der Waals surface area contributed by atoms with Crippen LogP contribution in [0.2, 0.25) is 0 Å². The highest BCUT2D eigenvalue weighted by atomic mass is 16.2. The fourth-order valence-corrected chi connectivity index (χ4v) is 4.66. The lowest BCUT2D eigenvalue weighted by Crippen LogP contribution is -2.50. The van der Waals surface area contributed by atoms with E-state index in [4.69, 9.17) is 0 Å². The number of allylic oxidation sites excluding steroid dienone is 2. The highest BCUT2D eigenvalue weighted by molar-refractivity contribution is 6.08. The number of hydrogen-bond donors (Lipinski definition) is 1. The zero-order valence-corrected chi connectivity index (χ0v) is 18.6. The Bertz CT molecular complexity index is 986. The van der Waals surface area contributed by atoms with Crippen LogP contribution in [0.15, 0.2) is 54.9 Å². The monoisotopic (exact) mass is 434 g/mol. The average molecular weight is 435 g/mol. The van der Waals surface area contributed by atoms with Gasteiger partial charge in [0.05, 0.1) is 18.4 Å². The highest BCUT2D eigenvalue weighted by Gasteiger charge is 2.51. The van der Waals surface area contributed by atoms with Crippen LogP contribution in [0.4, 0.5) is 0 Å². The lowest BCUT2D eigenvalue weighted by atomic mass is 9.85. The Morgan fingerprint density at radius 3 is 2.31 bits per heavy atom. The van der Waals surface area contributed by atoms with Gasteiger partial charge in [0.1, 0.15) is 6.04 Å². The van der Waals surface area contributed by atoms with Gasteiger partial charge in [-0.15, -0.1) is 0 Å². The van der Waals surface area contributed by atoms with Crippen LogP contribution < -0.4 is 5.32 Å². The second-order valence-electron chi connectivity index (χ2n) is 9.04. The Morgan fingerprint density at radius 1 is 1.06 bits per heavy atom. The number of nitrogens with one attached hydrogen (secondary N) is 1. The van der Waals surface area contributed by atoms with Crippen LogP contribution in [0.3, 0.4) is 0 Å². The number of carbonyl (C=O) groups is 3. The second-order valence-corrected chi connectivity index (χ2v) is 9.04. The van der Waals surface area contributed by atoms with Crippen molar-refractivity contribution < 1.29 is 14.4 Å². The summed E-state index contributed by atoms with van der Waals surface area (Å²) in [6.45, 7) is 4.93. The molecule has 0 radical (unpaired) electrons. The molecule has 7 heteroatoms. The van der Waals surface area contributed by atoms with Gasteiger partial charge in [-0.3, -0.25) is 24.0 Å². The summed E-state index contributed by atoms with van der Waals surface area (Å²) in [5, 5.41) is 7.25. The second kappa shape index (κ2) is 9.51. The minimum atomic E-state index is -0.779. The molecule has 2 heterocycles. The molecule has 1 N–H and O–H groups in total. The molecule has 1 fully saturated rings. The topological polar surface area (TPSA) is 84.3 Å². The zero-order valence-electron chi connectivity index (χ0n) is 18.6. The normalized spacial score (nSPS) is 21.2. The van der Waals surface area contributed by atoms with Gasteiger partial charge in [-0.25, -0.2) is 0 Å². The third-order valence-electron chi connectivity index (χ3n) is 6.31. The van der Waals surface area contributed by atoms with E-state index in [0.29, 0.717) is 32.4 Å². The molecular formula is C25H30N4O3. The van der Waals surface area contributed by atoms with Crippen molar-refractivity contribution in [3.05, 3.63) is 66.0 Å². The van der Waals surface area contributed by atoms with Crippen molar-refractivity contribution in [3.8, 4) is 0 Å². The first-order valence-corrected chi connectivity index (χ1v) is 11.3. The SMILES string of the molecule is CC(C)CC(C(=O)NCc1ccccc1Cn1cccn1)N1C(=O)C2CC=CCC2C1=O. The summed E-state index contributed by atoms with van der Waals surface area (Å²) in [7, 11) is 0. The van der Waals surface area contributed by atoms with Crippen LogP contribution in [0.1, 0.15) is 44.2 Å². The largest absolute Gasteiger partial charge is 0.350 e. The van der Waals surface area contributed by atoms with Crippen molar-refractivity contribution in [3.63, 3.8) is 0 Å². The number of rotatable bonds is 8. The molecule has 1 aromatic carbocycles. The summed E-state index contributed by atoms with van der Waals surface area (Å²) in [5.74, 6) is -1.18. The van der Waals surface area contributed by atoms with E-state index in [-0.39, 0.29) is 35.5 Å². The van der Waals surface area contributed by atoms with Crippen molar-refractivity contribution in [2.75, 3.05) is 0 Å². The van der Waals surface area contributed by atoms with Crippen molar-refractivity contribution in [1.29, 1.82) is 0 Å². The molecule has 2 aromatic rings. The van der Waals surface area contributed by atoms with Gasteiger partial charge < -0.3 is 5.32 Å². The van der Waals surface area contributed by atoms with Crippen LogP contribution in [-0.4, -0.2) is 38.4 Å². The Hall–Kier alpha value is -3.22. The number of fused-ring (bicyclic) bond motifs is 1. The lowest BCUT2D eigenvalue weighted by Gasteiger charge is -2.27. The molecule has 0 spiro atoms. The first kappa shape index (κ1) is 22.0. The van der Waals surface area contributed by atoms with Gasteiger partial charge in [-0.05, 0) is 42.4 Å². The minimum Gasteiger partial charge on any atom is -0.350 e. The first-order chi connectivity index (χ1) is 15.5. The van der Waals surface area contributed by atoms with Gasteiger partial charge in [0.25, 0.3) is 0 Å². The summed E-state index contributed by atoms with van der Waals surface area (Å²) < 4.78 is 1.83. The van der Waals surface area contributed by atoms with E-state index in [1.807, 2.05) is 67.2 Å². The molecule has 3 amide bonds. The number of likely N-dealkylation sites (tertiary alicyclic amines) is 1. The maximum Gasteiger partial charge on any atom is 0.243 e. The molecule has 3 atom stereocenters. The molecule has 4 rings (SSSR count). The Labute approximate surface area is 188 Å². The van der Waals surface area contributed by atoms with E-state index < -0.39 is 6.04 Å². The fourth-order valence-electron chi connectivity index (χ4n) is 4.66. The molecule has 1 aromatic heterocycles. The number of amides is 3. The minimum absolute atomic E-state index is 0.166. The smallest absolute Gasteiger partial charge is 0.243 e. The number of imide groups is 1. The van der Waals surface area contributed by atoms with Crippen molar-refractivity contribution in [2.45, 2.75) is 52.2 Å². The van der Waals surface area contributed by atoms with E-state index in [0.717, 1.165) is 11.1 Å². The predicted molar refractivity (Wildman–Crippen MR) is 120 cm³/mol. The van der Waals surface area contributed by atoms with Crippen molar-refractivity contribution in [2.24, 2.45) is 17.8 Å². The van der Waals surface area contributed by atoms with E-state index in [2.05, 4.69) is 10.4 Å². The number of nitrogens with zero attached hydrogens (tertiary/aromatic N) is 3. The Balaban J connectivity index is 1.49. The standard InChI is InChI=1S/C25H30N4O3/c1-17(2)14-22(29-24(31)20-10-5-6-11-21(20)25(29)32)23(30)26-15-18-8-3-4-9-19(18)16-28-13-7-12-27-28/h3-9,12-13,17,20-22H,10-11,14-16H2,1-2H3,(H,26,30). The highest BCUT2D eigenvalue weighted by Crippen LogP contribution is 2.37. The molecule has 0 saturated carbocycles. The first-order valence-electron chi connectivity index (χ1n) is 11.3. The van der Waals surface area contributed by atoms with Gasteiger partial charge in [0, 0.05) is 18.9 Å². The Kier molecular flexibility index (Phi) is 6.53. The summed E-state index contributed by atoms with van der Waals surface area (Å²) in [6.07, 6.45) is 9.15. The summed E-state index contributed by atoms with van der Waals surface area (Å²) in [6, 6.07) is 8.98. The Morgan fingerprint density at radius 2 is 1.72 bits per heavy atom. The molecule has 0 bridgehead atoms. The number of hydrogen-bond acceptors (Lipinski definition) is 4. The zero-order chi connectivity index (χ0) is 22.7. The van der Waals surface area contributed by atoms with Crippen LogP contribution in [0.5, 0.6) is 0 Å². The number of carbonyl (C=O) groups excluding carboxylic acids is 3. The predicted octanol–water partition coefficient (Wildman–Crippen LogP) is 2.91. The average Bonchev–Trinajstić information content (AvgIpc) is 3.38. The van der Waals surface area contributed by atoms with Crippen molar-refractivity contribution in [1.82, 2.24) is 20.0 Å². The molecule has 1 aliphatic heterocycles. The van der Waals surface area contributed by atoms with Crippen LogP contribution in [0.25, 0.3) is 0 Å². The third kappa shape index (κ3) is 4.52. The van der Waals surface area contributed by atoms with Crippen LogP contribution in [0, 0.1) is 17.8 Å². The van der Waals surface area contributed by atoms with Gasteiger partial charge in [-0.2, -0.15) is 5.10 Å². The van der Waals surface area contributed by atoms with Gasteiger partial charge in [0.2, 0.25) is 17.7 Å². The van der Waals surface area contributed by atoms with Gasteiger partial charge in [-0.1, -0.05) is 50.3 Å². The lowest BCUT2D eigenvalue weighted by molar-refractivity contribution is -0.148. The fraction of sp³-hybridized carbons (Fsp3) is 0.440. The number of benzene rings is 1. The molecule has 1 aliphatic carbocycles.